The summed E-state index contributed by atoms with van der Waals surface area (Å²) in [6.45, 7) is 3.76. The van der Waals surface area contributed by atoms with Crippen molar-refractivity contribution in [1.29, 1.82) is 0 Å². The summed E-state index contributed by atoms with van der Waals surface area (Å²) in [6, 6.07) is 8.52. The van der Waals surface area contributed by atoms with Gasteiger partial charge in [0.1, 0.15) is 0 Å². The van der Waals surface area contributed by atoms with Gasteiger partial charge in [-0.15, -0.1) is 24.2 Å². The number of rotatable bonds is 1. The predicted molar refractivity (Wildman–Crippen MR) is 85.5 cm³/mol. The molecule has 2 heterocycles. The van der Waals surface area contributed by atoms with Gasteiger partial charge < -0.3 is 10.6 Å². The number of likely N-dealkylation sites (tertiary alicyclic amines) is 1. The van der Waals surface area contributed by atoms with Gasteiger partial charge in [-0.3, -0.25) is 4.79 Å². The number of carbonyl (C=O) groups excluding carboxylic acids is 1. The Morgan fingerprint density at radius 3 is 2.90 bits per heavy atom. The van der Waals surface area contributed by atoms with Crippen molar-refractivity contribution in [2.75, 3.05) is 18.8 Å². The highest BCUT2D eigenvalue weighted by Gasteiger charge is 2.34. The van der Waals surface area contributed by atoms with Gasteiger partial charge in [0.15, 0.2) is 0 Å². The zero-order valence-corrected chi connectivity index (χ0v) is 13.3. The minimum absolute atomic E-state index is 0. The summed E-state index contributed by atoms with van der Waals surface area (Å²) >= 11 is 1.80. The molecule has 0 saturated carbocycles. The second-order valence-electron chi connectivity index (χ2n) is 5.62. The monoisotopic (exact) mass is 312 g/mol. The second-order valence-corrected chi connectivity index (χ2v) is 6.68. The maximum atomic E-state index is 12.7. The smallest absolute Gasteiger partial charge is 0.231 e. The summed E-state index contributed by atoms with van der Waals surface area (Å²) in [5.74, 6) is 1.62. The van der Waals surface area contributed by atoms with Crippen LogP contribution in [0, 0.1) is 5.92 Å². The number of thioether (sulfide) groups is 1. The van der Waals surface area contributed by atoms with Gasteiger partial charge in [0.25, 0.3) is 0 Å². The normalized spacial score (nSPS) is 28.7. The lowest BCUT2D eigenvalue weighted by Gasteiger charge is -2.36. The van der Waals surface area contributed by atoms with Crippen LogP contribution in [0.15, 0.2) is 29.2 Å². The van der Waals surface area contributed by atoms with E-state index in [-0.39, 0.29) is 30.3 Å². The van der Waals surface area contributed by atoms with Crippen molar-refractivity contribution in [1.82, 2.24) is 4.90 Å². The zero-order valence-electron chi connectivity index (χ0n) is 11.6. The molecule has 0 radical (unpaired) electrons. The van der Waals surface area contributed by atoms with Crippen LogP contribution in [0.1, 0.15) is 24.8 Å². The predicted octanol–water partition coefficient (Wildman–Crippen LogP) is 2.49. The molecular formula is C15H21ClN2OS. The zero-order chi connectivity index (χ0) is 13.4. The van der Waals surface area contributed by atoms with Gasteiger partial charge in [0.05, 0.1) is 5.92 Å². The highest BCUT2D eigenvalue weighted by molar-refractivity contribution is 7.99. The Labute approximate surface area is 130 Å². The van der Waals surface area contributed by atoms with Crippen molar-refractivity contribution in [3.8, 4) is 0 Å². The lowest BCUT2D eigenvalue weighted by Crippen LogP contribution is -2.49. The molecule has 1 aromatic carbocycles. The summed E-state index contributed by atoms with van der Waals surface area (Å²) in [6.07, 6.45) is 0.925. The lowest BCUT2D eigenvalue weighted by atomic mass is 9.92. The van der Waals surface area contributed by atoms with Crippen molar-refractivity contribution < 1.29 is 4.79 Å². The molecule has 1 amide bonds. The van der Waals surface area contributed by atoms with E-state index in [1.54, 1.807) is 11.8 Å². The SMILES string of the molecule is CC1CN(C(=O)C2CSc3ccccc32)CCC1N.Cl. The average Bonchev–Trinajstić information content (AvgIpc) is 2.85. The molecule has 1 aromatic rings. The second kappa shape index (κ2) is 6.37. The van der Waals surface area contributed by atoms with Gasteiger partial charge in [0.2, 0.25) is 5.91 Å². The van der Waals surface area contributed by atoms with E-state index in [0.717, 1.165) is 25.3 Å². The van der Waals surface area contributed by atoms with Crippen molar-refractivity contribution in [3.05, 3.63) is 29.8 Å². The van der Waals surface area contributed by atoms with Gasteiger partial charge in [0, 0.05) is 29.8 Å². The van der Waals surface area contributed by atoms with E-state index in [9.17, 15) is 4.79 Å². The van der Waals surface area contributed by atoms with Crippen LogP contribution in [0.2, 0.25) is 0 Å². The first-order chi connectivity index (χ1) is 9.16. The van der Waals surface area contributed by atoms with E-state index >= 15 is 0 Å². The molecule has 0 aliphatic carbocycles. The van der Waals surface area contributed by atoms with Gasteiger partial charge in [-0.25, -0.2) is 0 Å². The van der Waals surface area contributed by atoms with E-state index in [4.69, 9.17) is 5.73 Å². The van der Waals surface area contributed by atoms with Crippen LogP contribution >= 0.6 is 24.2 Å². The fourth-order valence-electron chi connectivity index (χ4n) is 2.95. The molecule has 3 nitrogen and oxygen atoms in total. The first-order valence-electron chi connectivity index (χ1n) is 6.93. The van der Waals surface area contributed by atoms with Crippen LogP contribution in [0.25, 0.3) is 0 Å². The van der Waals surface area contributed by atoms with E-state index < -0.39 is 0 Å². The number of halogens is 1. The summed E-state index contributed by atoms with van der Waals surface area (Å²) in [5.41, 5.74) is 7.24. The molecule has 0 spiro atoms. The molecule has 2 aliphatic rings. The quantitative estimate of drug-likeness (QED) is 0.866. The maximum Gasteiger partial charge on any atom is 0.231 e. The summed E-state index contributed by atoms with van der Waals surface area (Å²) in [5, 5.41) is 0. The number of carbonyl (C=O) groups is 1. The van der Waals surface area contributed by atoms with Crippen LogP contribution in [-0.4, -0.2) is 35.7 Å². The third-order valence-electron chi connectivity index (χ3n) is 4.28. The molecule has 110 valence electrons. The number of fused-ring (bicyclic) bond motifs is 1. The van der Waals surface area contributed by atoms with Crippen LogP contribution in [0.3, 0.4) is 0 Å². The fraction of sp³-hybridized carbons (Fsp3) is 0.533. The van der Waals surface area contributed by atoms with Crippen LogP contribution in [0.4, 0.5) is 0 Å². The van der Waals surface area contributed by atoms with Gasteiger partial charge in [-0.05, 0) is 24.0 Å². The number of benzene rings is 1. The molecule has 2 N–H and O–H groups in total. The van der Waals surface area contributed by atoms with Crippen LogP contribution < -0.4 is 5.73 Å². The third kappa shape index (κ3) is 2.83. The van der Waals surface area contributed by atoms with Crippen LogP contribution in [0.5, 0.6) is 0 Å². The number of hydrogen-bond acceptors (Lipinski definition) is 3. The minimum atomic E-state index is 0. The molecule has 5 heteroatoms. The van der Waals surface area contributed by atoms with E-state index in [1.165, 1.54) is 10.5 Å². The first kappa shape index (κ1) is 15.7. The Bertz CT molecular complexity index is 497. The molecule has 3 atom stereocenters. The summed E-state index contributed by atoms with van der Waals surface area (Å²) < 4.78 is 0. The number of nitrogens with zero attached hydrogens (tertiary/aromatic N) is 1. The average molecular weight is 313 g/mol. The summed E-state index contributed by atoms with van der Waals surface area (Å²) in [7, 11) is 0. The van der Waals surface area contributed by atoms with Crippen molar-refractivity contribution in [3.63, 3.8) is 0 Å². The molecule has 1 saturated heterocycles. The molecule has 0 aromatic heterocycles. The molecule has 20 heavy (non-hydrogen) atoms. The molecule has 1 fully saturated rings. The molecular weight excluding hydrogens is 292 g/mol. The minimum Gasteiger partial charge on any atom is -0.342 e. The Balaban J connectivity index is 0.00000147. The molecule has 2 aliphatic heterocycles. The number of amides is 1. The highest BCUT2D eigenvalue weighted by Crippen LogP contribution is 2.40. The van der Waals surface area contributed by atoms with Gasteiger partial charge in [-0.2, -0.15) is 0 Å². The third-order valence-corrected chi connectivity index (χ3v) is 5.46. The van der Waals surface area contributed by atoms with E-state index in [0.29, 0.717) is 5.92 Å². The fourth-order valence-corrected chi connectivity index (χ4v) is 4.17. The van der Waals surface area contributed by atoms with Crippen molar-refractivity contribution in [2.45, 2.75) is 30.2 Å². The first-order valence-corrected chi connectivity index (χ1v) is 7.91. The van der Waals surface area contributed by atoms with Crippen LogP contribution in [-0.2, 0) is 4.79 Å². The highest BCUT2D eigenvalue weighted by atomic mass is 35.5. The summed E-state index contributed by atoms with van der Waals surface area (Å²) in [4.78, 5) is 16.0. The van der Waals surface area contributed by atoms with Crippen molar-refractivity contribution in [2.24, 2.45) is 11.7 Å². The largest absolute Gasteiger partial charge is 0.342 e. The number of nitrogens with two attached hydrogens (primary N) is 1. The number of hydrogen-bond donors (Lipinski definition) is 1. The molecule has 3 unspecified atom stereocenters. The standard InChI is InChI=1S/C15H20N2OS.ClH/c1-10-8-17(7-6-13(10)16)15(18)12-9-19-14-5-3-2-4-11(12)14;/h2-5,10,12-13H,6-9,16H2,1H3;1H. The Morgan fingerprint density at radius 1 is 1.40 bits per heavy atom. The Morgan fingerprint density at radius 2 is 2.15 bits per heavy atom. The Kier molecular flexibility index (Phi) is 4.99. The van der Waals surface area contributed by atoms with Gasteiger partial charge in [-0.1, -0.05) is 25.1 Å². The van der Waals surface area contributed by atoms with E-state index in [1.807, 2.05) is 17.0 Å². The van der Waals surface area contributed by atoms with E-state index in [2.05, 4.69) is 19.1 Å². The molecule has 3 rings (SSSR count). The number of piperidine rings is 1. The lowest BCUT2D eigenvalue weighted by molar-refractivity contribution is -0.134. The Hall–Kier alpha value is -0.710. The van der Waals surface area contributed by atoms with Crippen molar-refractivity contribution >= 4 is 30.1 Å². The maximum absolute atomic E-state index is 12.7. The topological polar surface area (TPSA) is 46.3 Å². The molecule has 0 bridgehead atoms. The van der Waals surface area contributed by atoms with Gasteiger partial charge >= 0.3 is 0 Å².